The average Bonchev–Trinajstić information content (AvgIpc) is 2.77. The summed E-state index contributed by atoms with van der Waals surface area (Å²) in [6.45, 7) is 0. The second-order valence-corrected chi connectivity index (χ2v) is 3.04. The van der Waals surface area contributed by atoms with Gasteiger partial charge in [0.1, 0.15) is 5.69 Å². The zero-order valence-corrected chi connectivity index (χ0v) is 8.15. The number of non-ortho nitro benzene ring substituents is 1. The molecule has 0 N–H and O–H groups in total. The van der Waals surface area contributed by atoms with E-state index in [1.807, 2.05) is 0 Å². The molecule has 0 aliphatic rings. The van der Waals surface area contributed by atoms with Crippen LogP contribution >= 0.6 is 0 Å². The molecule has 0 amide bonds. The highest BCUT2D eigenvalue weighted by Gasteiger charge is 2.07. The lowest BCUT2D eigenvalue weighted by atomic mass is 9.67. The molecule has 1 heterocycles. The highest BCUT2D eigenvalue weighted by atomic mass is 16.6. The predicted octanol–water partition coefficient (Wildman–Crippen LogP) is 0.404. The predicted molar refractivity (Wildman–Crippen MR) is 59.0 cm³/mol. The van der Waals surface area contributed by atoms with Crippen molar-refractivity contribution >= 4 is 20.7 Å². The van der Waals surface area contributed by atoms with E-state index in [0.29, 0.717) is 5.69 Å². The van der Waals surface area contributed by atoms with Gasteiger partial charge in [-0.15, -0.1) is 5.10 Å². The first-order valence-electron chi connectivity index (χ1n) is 4.42. The van der Waals surface area contributed by atoms with Gasteiger partial charge in [-0.1, -0.05) is 5.21 Å². The topological polar surface area (TPSA) is 73.8 Å². The number of nitro benzene ring substituents is 1. The second-order valence-electron chi connectivity index (χ2n) is 3.04. The Labute approximate surface area is 93.1 Å². The molecule has 1 aromatic carbocycles. The molecule has 0 fully saturated rings. The third-order valence-electron chi connectivity index (χ3n) is 2.04. The highest BCUT2D eigenvalue weighted by Crippen LogP contribution is 2.19. The summed E-state index contributed by atoms with van der Waals surface area (Å²) in [4.78, 5) is 10.0. The molecule has 0 aliphatic heterocycles. The van der Waals surface area contributed by atoms with Crippen LogP contribution in [0.4, 0.5) is 5.69 Å². The van der Waals surface area contributed by atoms with E-state index < -0.39 is 4.92 Å². The van der Waals surface area contributed by atoms with Gasteiger partial charge in [0.05, 0.1) is 4.92 Å². The van der Waals surface area contributed by atoms with Crippen LogP contribution in [0.15, 0.2) is 30.5 Å². The van der Waals surface area contributed by atoms with Crippen molar-refractivity contribution in [2.75, 3.05) is 0 Å². The molecule has 6 nitrogen and oxygen atoms in total. The molecule has 0 spiro atoms. The van der Waals surface area contributed by atoms with E-state index in [4.69, 9.17) is 7.74 Å². The molecule has 0 saturated carbocycles. The van der Waals surface area contributed by atoms with Gasteiger partial charge in [-0.3, -0.25) is 10.1 Å². The van der Waals surface area contributed by atoms with E-state index in [1.165, 1.54) is 24.0 Å². The molecule has 8 heteroatoms. The Kier molecular flexibility index (Phi) is 2.72. The SMILES string of the molecule is [B][B]n1cc(-c2ccc([N+](=O)[O-])cc2)nn1. The Hall–Kier alpha value is -2.11. The van der Waals surface area contributed by atoms with Crippen LogP contribution in [0.5, 0.6) is 0 Å². The van der Waals surface area contributed by atoms with Gasteiger partial charge in [-0.2, -0.15) is 0 Å². The lowest BCUT2D eigenvalue weighted by Gasteiger charge is -1.94. The summed E-state index contributed by atoms with van der Waals surface area (Å²) >= 11 is 0. The number of hydrogen-bond donors (Lipinski definition) is 0. The van der Waals surface area contributed by atoms with Crippen molar-refractivity contribution in [3.63, 3.8) is 0 Å². The van der Waals surface area contributed by atoms with Crippen LogP contribution in [-0.4, -0.2) is 34.9 Å². The van der Waals surface area contributed by atoms with E-state index in [0.717, 1.165) is 5.56 Å². The number of benzene rings is 1. The molecular weight excluding hydrogens is 206 g/mol. The zero-order chi connectivity index (χ0) is 11.5. The van der Waals surface area contributed by atoms with E-state index in [9.17, 15) is 10.1 Å². The Balaban J connectivity index is 2.30. The quantitative estimate of drug-likeness (QED) is 0.418. The third kappa shape index (κ3) is 1.95. The van der Waals surface area contributed by atoms with Gasteiger partial charge in [0, 0.05) is 31.6 Å². The lowest BCUT2D eigenvalue weighted by molar-refractivity contribution is -0.384. The van der Waals surface area contributed by atoms with E-state index in [1.54, 1.807) is 18.3 Å². The zero-order valence-electron chi connectivity index (χ0n) is 8.15. The van der Waals surface area contributed by atoms with Crippen LogP contribution in [0.1, 0.15) is 0 Å². The van der Waals surface area contributed by atoms with Gasteiger partial charge in [-0.05, 0) is 12.1 Å². The van der Waals surface area contributed by atoms with Crippen molar-refractivity contribution in [3.05, 3.63) is 40.6 Å². The van der Waals surface area contributed by atoms with Gasteiger partial charge >= 0.3 is 0 Å². The van der Waals surface area contributed by atoms with Crippen molar-refractivity contribution < 1.29 is 4.92 Å². The Morgan fingerprint density at radius 1 is 1.38 bits per heavy atom. The fourth-order valence-electron chi connectivity index (χ4n) is 1.24. The fraction of sp³-hybridized carbons (Fsp3) is 0. The van der Waals surface area contributed by atoms with Crippen LogP contribution in [-0.2, 0) is 0 Å². The van der Waals surface area contributed by atoms with Gasteiger partial charge in [0.25, 0.3) is 5.69 Å². The smallest absolute Gasteiger partial charge is 0.269 e. The third-order valence-corrected chi connectivity index (χ3v) is 2.04. The van der Waals surface area contributed by atoms with E-state index >= 15 is 0 Å². The molecule has 0 saturated heterocycles. The molecule has 3 radical (unpaired) electrons. The van der Waals surface area contributed by atoms with Crippen molar-refractivity contribution in [1.82, 2.24) is 14.9 Å². The number of aromatic nitrogens is 3. The molecule has 0 bridgehead atoms. The van der Waals surface area contributed by atoms with Crippen LogP contribution in [0.3, 0.4) is 0 Å². The van der Waals surface area contributed by atoms with Crippen molar-refractivity contribution in [2.45, 2.75) is 0 Å². The van der Waals surface area contributed by atoms with Gasteiger partial charge in [0.2, 0.25) is 7.31 Å². The maximum atomic E-state index is 10.5. The largest absolute Gasteiger partial charge is 0.314 e. The summed E-state index contributed by atoms with van der Waals surface area (Å²) in [6, 6.07) is 6.06. The monoisotopic (exact) mass is 211 g/mol. The minimum Gasteiger partial charge on any atom is -0.314 e. The number of nitrogens with zero attached hydrogens (tertiary/aromatic N) is 4. The summed E-state index contributed by atoms with van der Waals surface area (Å²) in [7, 11) is 6.52. The first-order chi connectivity index (χ1) is 7.70. The fourth-order valence-corrected chi connectivity index (χ4v) is 1.24. The summed E-state index contributed by atoms with van der Waals surface area (Å²) in [6.07, 6.45) is 1.63. The lowest BCUT2D eigenvalue weighted by Crippen LogP contribution is -2.05. The standard InChI is InChI=1S/C8H5B2N4O2/c9-10-13-5-8(11-12-13)6-1-3-7(4-2-6)14(15)16/h1-5H. The van der Waals surface area contributed by atoms with Crippen molar-refractivity contribution in [1.29, 1.82) is 0 Å². The molecule has 0 unspecified atom stereocenters. The normalized spacial score (nSPS) is 10.0. The maximum Gasteiger partial charge on any atom is 0.269 e. The van der Waals surface area contributed by atoms with Crippen LogP contribution in [0, 0.1) is 10.1 Å². The molecule has 75 valence electrons. The Morgan fingerprint density at radius 2 is 2.06 bits per heavy atom. The number of hydrogen-bond acceptors (Lipinski definition) is 4. The summed E-state index contributed by atoms with van der Waals surface area (Å²) in [5.41, 5.74) is 1.40. The van der Waals surface area contributed by atoms with Crippen LogP contribution < -0.4 is 0 Å². The molecule has 2 aromatic rings. The molecule has 0 aliphatic carbocycles. The minimum atomic E-state index is -0.450. The first-order valence-corrected chi connectivity index (χ1v) is 4.42. The summed E-state index contributed by atoms with van der Waals surface area (Å²) in [5.74, 6) is 0. The number of rotatable bonds is 3. The molecule has 1 aromatic heterocycles. The van der Waals surface area contributed by atoms with E-state index in [-0.39, 0.29) is 5.69 Å². The number of nitro groups is 1. The van der Waals surface area contributed by atoms with Gasteiger partial charge < -0.3 is 4.59 Å². The van der Waals surface area contributed by atoms with Gasteiger partial charge in [-0.25, -0.2) is 0 Å². The first kappa shape index (κ1) is 10.4. The molecular formula is C8H5B2N4O2. The maximum absolute atomic E-state index is 10.5. The highest BCUT2D eigenvalue weighted by molar-refractivity contribution is 6.88. The molecule has 16 heavy (non-hydrogen) atoms. The summed E-state index contributed by atoms with van der Waals surface area (Å²) < 4.78 is 1.36. The van der Waals surface area contributed by atoms with E-state index in [2.05, 4.69) is 10.3 Å². The Bertz CT molecular complexity index is 511. The minimum absolute atomic E-state index is 0.0431. The van der Waals surface area contributed by atoms with Crippen molar-refractivity contribution in [2.24, 2.45) is 0 Å². The van der Waals surface area contributed by atoms with Crippen LogP contribution in [0.25, 0.3) is 11.3 Å². The second kappa shape index (κ2) is 4.18. The Morgan fingerprint density at radius 3 is 2.56 bits per heavy atom. The average molecular weight is 211 g/mol. The van der Waals surface area contributed by atoms with Gasteiger partial charge in [0.15, 0.2) is 0 Å². The molecule has 0 atom stereocenters. The van der Waals surface area contributed by atoms with Crippen molar-refractivity contribution in [3.8, 4) is 11.3 Å². The van der Waals surface area contributed by atoms with Crippen LogP contribution in [0.2, 0.25) is 0 Å². The summed E-state index contributed by atoms with van der Waals surface area (Å²) in [5, 5.41) is 18.0. The molecule has 2 rings (SSSR count).